The Balaban J connectivity index is 2.43. The van der Waals surface area contributed by atoms with Crippen molar-refractivity contribution in [2.45, 2.75) is 0 Å². The lowest BCUT2D eigenvalue weighted by molar-refractivity contribution is -0.120. The van der Waals surface area contributed by atoms with E-state index in [1.807, 2.05) is 19.0 Å². The van der Waals surface area contributed by atoms with Crippen LogP contribution < -0.4 is 10.6 Å². The van der Waals surface area contributed by atoms with Crippen molar-refractivity contribution < 1.29 is 9.59 Å². The monoisotopic (exact) mass is 283 g/mol. The highest BCUT2D eigenvalue weighted by Gasteiger charge is 2.11. The first kappa shape index (κ1) is 15.6. The Hall–Kier alpha value is -1.43. The van der Waals surface area contributed by atoms with Crippen molar-refractivity contribution in [1.82, 2.24) is 15.5 Å². The topological polar surface area (TPSA) is 61.4 Å². The molecule has 104 valence electrons. The largest absolute Gasteiger partial charge is 0.318 e. The number of nitrogens with zero attached hydrogens (tertiary/aromatic N) is 1. The van der Waals surface area contributed by atoms with Gasteiger partial charge in [0.25, 0.3) is 5.91 Å². The Morgan fingerprint density at radius 1 is 1.26 bits per heavy atom. The first-order valence-electron chi connectivity index (χ1n) is 5.96. The summed E-state index contributed by atoms with van der Waals surface area (Å²) >= 11 is 5.73. The second-order valence-corrected chi connectivity index (χ2v) is 4.66. The van der Waals surface area contributed by atoms with Gasteiger partial charge in [-0.15, -0.1) is 0 Å². The average molecular weight is 284 g/mol. The summed E-state index contributed by atoms with van der Waals surface area (Å²) in [6.45, 7) is 1.70. The third-order valence-electron chi connectivity index (χ3n) is 2.52. The van der Waals surface area contributed by atoms with E-state index in [-0.39, 0.29) is 12.5 Å². The van der Waals surface area contributed by atoms with Gasteiger partial charge in [0.15, 0.2) is 0 Å². The summed E-state index contributed by atoms with van der Waals surface area (Å²) in [5.41, 5.74) is 0.413. The van der Waals surface area contributed by atoms with E-state index in [4.69, 9.17) is 11.6 Å². The van der Waals surface area contributed by atoms with E-state index in [2.05, 4.69) is 10.6 Å². The van der Waals surface area contributed by atoms with E-state index >= 15 is 0 Å². The fourth-order valence-corrected chi connectivity index (χ4v) is 1.59. The van der Waals surface area contributed by atoms with Crippen LogP contribution in [0.1, 0.15) is 10.4 Å². The molecule has 0 aliphatic carbocycles. The van der Waals surface area contributed by atoms with Crippen LogP contribution in [0.2, 0.25) is 5.02 Å². The molecule has 0 fully saturated rings. The van der Waals surface area contributed by atoms with Crippen molar-refractivity contribution >= 4 is 23.4 Å². The van der Waals surface area contributed by atoms with Gasteiger partial charge in [-0.05, 0) is 38.4 Å². The number of imide groups is 1. The average Bonchev–Trinajstić information content (AvgIpc) is 2.36. The molecule has 6 heteroatoms. The molecule has 2 N–H and O–H groups in total. The van der Waals surface area contributed by atoms with Gasteiger partial charge in [-0.2, -0.15) is 0 Å². The third kappa shape index (κ3) is 5.83. The summed E-state index contributed by atoms with van der Waals surface area (Å²) in [7, 11) is 3.67. The summed E-state index contributed by atoms with van der Waals surface area (Å²) < 4.78 is 0. The minimum atomic E-state index is -0.413. The number of nitrogens with one attached hydrogen (secondary N) is 2. The Morgan fingerprint density at radius 2 is 1.89 bits per heavy atom. The summed E-state index contributed by atoms with van der Waals surface area (Å²) in [4.78, 5) is 25.2. The Bertz CT molecular complexity index is 434. The molecule has 0 unspecified atom stereocenters. The number of carbonyl (C=O) groups excluding carboxylic acids is 2. The summed E-state index contributed by atoms with van der Waals surface area (Å²) in [6.07, 6.45) is 0. The fourth-order valence-electron chi connectivity index (χ4n) is 1.47. The molecule has 0 bridgehead atoms. The zero-order valence-electron chi connectivity index (χ0n) is 11.1. The maximum absolute atomic E-state index is 11.8. The lowest BCUT2D eigenvalue weighted by Crippen LogP contribution is -2.40. The standard InChI is InChI=1S/C13H18ClN3O2/c1-15-7-8-17(2)9-12(18)16-13(19)10-3-5-11(14)6-4-10/h3-6,15H,7-9H2,1-2H3,(H,16,18,19). The van der Waals surface area contributed by atoms with E-state index in [1.54, 1.807) is 24.3 Å². The van der Waals surface area contributed by atoms with E-state index < -0.39 is 5.91 Å². The van der Waals surface area contributed by atoms with E-state index in [1.165, 1.54) is 0 Å². The van der Waals surface area contributed by atoms with Gasteiger partial charge in [0.05, 0.1) is 6.54 Å². The quantitative estimate of drug-likeness (QED) is 0.809. The number of hydrogen-bond donors (Lipinski definition) is 2. The summed E-state index contributed by atoms with van der Waals surface area (Å²) in [6, 6.07) is 6.38. The highest BCUT2D eigenvalue weighted by atomic mass is 35.5. The maximum atomic E-state index is 11.8. The van der Waals surface area contributed by atoms with Crippen LogP contribution in [0.25, 0.3) is 0 Å². The minimum absolute atomic E-state index is 0.182. The van der Waals surface area contributed by atoms with Crippen molar-refractivity contribution in [1.29, 1.82) is 0 Å². The molecule has 19 heavy (non-hydrogen) atoms. The molecular formula is C13H18ClN3O2. The van der Waals surface area contributed by atoms with Gasteiger partial charge < -0.3 is 5.32 Å². The van der Waals surface area contributed by atoms with Crippen LogP contribution >= 0.6 is 11.6 Å². The smallest absolute Gasteiger partial charge is 0.257 e. The Kier molecular flexibility index (Phi) is 6.49. The van der Waals surface area contributed by atoms with Gasteiger partial charge in [-0.25, -0.2) is 0 Å². The number of rotatable bonds is 6. The fraction of sp³-hybridized carbons (Fsp3) is 0.385. The lowest BCUT2D eigenvalue weighted by atomic mass is 10.2. The van der Waals surface area contributed by atoms with Crippen LogP contribution in [0.4, 0.5) is 0 Å². The zero-order chi connectivity index (χ0) is 14.3. The van der Waals surface area contributed by atoms with Crippen LogP contribution in [-0.2, 0) is 4.79 Å². The van der Waals surface area contributed by atoms with Crippen molar-refractivity contribution in [2.75, 3.05) is 33.7 Å². The summed E-state index contributed by atoms with van der Waals surface area (Å²) in [5, 5.41) is 5.88. The number of likely N-dealkylation sites (N-methyl/N-ethyl adjacent to an activating group) is 2. The first-order valence-corrected chi connectivity index (χ1v) is 6.33. The molecule has 1 rings (SSSR count). The van der Waals surface area contributed by atoms with Gasteiger partial charge in [-0.1, -0.05) is 11.6 Å². The van der Waals surface area contributed by atoms with Gasteiger partial charge >= 0.3 is 0 Å². The van der Waals surface area contributed by atoms with Crippen LogP contribution in [-0.4, -0.2) is 50.4 Å². The summed E-state index contributed by atoms with van der Waals surface area (Å²) in [5.74, 6) is -0.734. The van der Waals surface area contributed by atoms with Gasteiger partial charge in [0.2, 0.25) is 5.91 Å². The van der Waals surface area contributed by atoms with Crippen molar-refractivity contribution in [3.63, 3.8) is 0 Å². The Labute approximate surface area is 117 Å². The van der Waals surface area contributed by atoms with E-state index in [0.29, 0.717) is 10.6 Å². The van der Waals surface area contributed by atoms with Crippen LogP contribution in [0.3, 0.4) is 0 Å². The number of hydrogen-bond acceptors (Lipinski definition) is 4. The molecule has 0 spiro atoms. The molecule has 5 nitrogen and oxygen atoms in total. The van der Waals surface area contributed by atoms with Crippen LogP contribution in [0, 0.1) is 0 Å². The van der Waals surface area contributed by atoms with Crippen molar-refractivity contribution in [3.05, 3.63) is 34.9 Å². The Morgan fingerprint density at radius 3 is 2.47 bits per heavy atom. The molecule has 0 heterocycles. The number of benzene rings is 1. The van der Waals surface area contributed by atoms with E-state index in [0.717, 1.165) is 13.1 Å². The highest BCUT2D eigenvalue weighted by Crippen LogP contribution is 2.09. The number of amides is 2. The number of carbonyl (C=O) groups is 2. The molecule has 0 saturated carbocycles. The predicted octanol–water partition coefficient (Wildman–Crippen LogP) is 0.748. The molecule has 0 aliphatic heterocycles. The van der Waals surface area contributed by atoms with Gasteiger partial charge in [-0.3, -0.25) is 19.8 Å². The second-order valence-electron chi connectivity index (χ2n) is 4.23. The number of halogens is 1. The molecule has 0 aliphatic rings. The first-order chi connectivity index (χ1) is 9.02. The molecule has 0 radical (unpaired) electrons. The van der Waals surface area contributed by atoms with Crippen LogP contribution in [0.15, 0.2) is 24.3 Å². The highest BCUT2D eigenvalue weighted by molar-refractivity contribution is 6.30. The van der Waals surface area contributed by atoms with Gasteiger partial charge in [0.1, 0.15) is 0 Å². The molecule has 1 aromatic rings. The zero-order valence-corrected chi connectivity index (χ0v) is 11.8. The molecule has 2 amide bonds. The molecule has 1 aromatic carbocycles. The second kappa shape index (κ2) is 7.89. The SMILES string of the molecule is CNCCN(C)CC(=O)NC(=O)c1ccc(Cl)cc1. The maximum Gasteiger partial charge on any atom is 0.257 e. The predicted molar refractivity (Wildman–Crippen MR) is 75.3 cm³/mol. The van der Waals surface area contributed by atoms with Crippen LogP contribution in [0.5, 0.6) is 0 Å². The van der Waals surface area contributed by atoms with Crippen molar-refractivity contribution in [3.8, 4) is 0 Å². The third-order valence-corrected chi connectivity index (χ3v) is 2.77. The molecular weight excluding hydrogens is 266 g/mol. The van der Waals surface area contributed by atoms with E-state index in [9.17, 15) is 9.59 Å². The molecule has 0 atom stereocenters. The normalized spacial score (nSPS) is 10.5. The minimum Gasteiger partial charge on any atom is -0.318 e. The van der Waals surface area contributed by atoms with Crippen molar-refractivity contribution in [2.24, 2.45) is 0 Å². The lowest BCUT2D eigenvalue weighted by Gasteiger charge is -2.15. The molecule has 0 aromatic heterocycles. The van der Waals surface area contributed by atoms with Gasteiger partial charge in [0, 0.05) is 23.7 Å². The molecule has 0 saturated heterocycles.